The summed E-state index contributed by atoms with van der Waals surface area (Å²) in [4.78, 5) is 0. The molecule has 1 aromatic carbocycles. The average molecular weight is 259 g/mol. The first-order valence-electron chi connectivity index (χ1n) is 5.94. The van der Waals surface area contributed by atoms with Gasteiger partial charge in [-0.1, -0.05) is 18.6 Å². The van der Waals surface area contributed by atoms with Crippen molar-refractivity contribution in [2.45, 2.75) is 31.5 Å². The van der Waals surface area contributed by atoms with Crippen LogP contribution in [-0.2, 0) is 6.18 Å². The van der Waals surface area contributed by atoms with E-state index in [4.69, 9.17) is 5.73 Å². The summed E-state index contributed by atoms with van der Waals surface area (Å²) in [6.45, 7) is 0.356. The number of hydrogen-bond donors (Lipinski definition) is 2. The summed E-state index contributed by atoms with van der Waals surface area (Å²) in [7, 11) is 0. The minimum atomic E-state index is -4.34. The molecule has 0 amide bonds. The van der Waals surface area contributed by atoms with Gasteiger partial charge in [-0.3, -0.25) is 0 Å². The van der Waals surface area contributed by atoms with E-state index >= 15 is 0 Å². The Morgan fingerprint density at radius 1 is 1.22 bits per heavy atom. The van der Waals surface area contributed by atoms with Crippen LogP contribution in [0.4, 0.5) is 13.2 Å². The third-order valence-electron chi connectivity index (χ3n) is 3.89. The molecule has 1 aromatic rings. The highest BCUT2D eigenvalue weighted by atomic mass is 19.4. The number of aliphatic hydroxyl groups is 1. The quantitative estimate of drug-likeness (QED) is 0.876. The van der Waals surface area contributed by atoms with E-state index in [2.05, 4.69) is 0 Å². The second-order valence-corrected chi connectivity index (χ2v) is 4.94. The molecule has 100 valence electrons. The summed E-state index contributed by atoms with van der Waals surface area (Å²) in [6.07, 6.45) is -2.46. The Morgan fingerprint density at radius 2 is 1.78 bits per heavy atom. The Kier molecular flexibility index (Phi) is 3.38. The van der Waals surface area contributed by atoms with Gasteiger partial charge in [0.15, 0.2) is 0 Å². The predicted molar refractivity (Wildman–Crippen MR) is 61.7 cm³/mol. The smallest absolute Gasteiger partial charge is 0.388 e. The molecule has 0 aliphatic heterocycles. The van der Waals surface area contributed by atoms with Crippen LogP contribution in [0, 0.1) is 5.41 Å². The fourth-order valence-corrected chi connectivity index (χ4v) is 2.43. The summed E-state index contributed by atoms with van der Waals surface area (Å²) >= 11 is 0. The van der Waals surface area contributed by atoms with Crippen molar-refractivity contribution < 1.29 is 18.3 Å². The van der Waals surface area contributed by atoms with Crippen LogP contribution in [0.15, 0.2) is 24.3 Å². The molecule has 0 spiro atoms. The van der Waals surface area contributed by atoms with Crippen LogP contribution in [0.25, 0.3) is 0 Å². The van der Waals surface area contributed by atoms with E-state index in [0.29, 0.717) is 12.1 Å². The van der Waals surface area contributed by atoms with Crippen molar-refractivity contribution in [3.8, 4) is 0 Å². The molecule has 5 heteroatoms. The van der Waals surface area contributed by atoms with Crippen LogP contribution in [0.2, 0.25) is 0 Å². The molecule has 0 saturated heterocycles. The first-order valence-corrected chi connectivity index (χ1v) is 5.94. The van der Waals surface area contributed by atoms with E-state index in [-0.39, 0.29) is 5.41 Å². The SMILES string of the molecule is NCC1(C(O)c2ccc(C(F)(F)F)cc2)CCC1. The fraction of sp³-hybridized carbons (Fsp3) is 0.538. The number of halogens is 3. The molecule has 2 nitrogen and oxygen atoms in total. The van der Waals surface area contributed by atoms with Crippen molar-refractivity contribution in [3.63, 3.8) is 0 Å². The lowest BCUT2D eigenvalue weighted by Crippen LogP contribution is -2.42. The fourth-order valence-electron chi connectivity index (χ4n) is 2.43. The topological polar surface area (TPSA) is 46.2 Å². The number of benzene rings is 1. The van der Waals surface area contributed by atoms with Crippen LogP contribution in [0.5, 0.6) is 0 Å². The Bertz CT molecular complexity index is 404. The third-order valence-corrected chi connectivity index (χ3v) is 3.89. The van der Waals surface area contributed by atoms with Crippen LogP contribution in [0.1, 0.15) is 36.5 Å². The maximum atomic E-state index is 12.4. The van der Waals surface area contributed by atoms with Gasteiger partial charge in [0.2, 0.25) is 0 Å². The normalized spacial score (nSPS) is 20.3. The molecule has 1 unspecified atom stereocenters. The summed E-state index contributed by atoms with van der Waals surface area (Å²) in [5.41, 5.74) is 5.13. The maximum absolute atomic E-state index is 12.4. The summed E-state index contributed by atoms with van der Waals surface area (Å²) in [5, 5.41) is 10.2. The van der Waals surface area contributed by atoms with Gasteiger partial charge in [0.25, 0.3) is 0 Å². The van der Waals surface area contributed by atoms with E-state index in [0.717, 1.165) is 31.4 Å². The molecular weight excluding hydrogens is 243 g/mol. The van der Waals surface area contributed by atoms with Crippen molar-refractivity contribution in [1.29, 1.82) is 0 Å². The van der Waals surface area contributed by atoms with Crippen LogP contribution in [0.3, 0.4) is 0 Å². The monoisotopic (exact) mass is 259 g/mol. The molecule has 0 radical (unpaired) electrons. The molecule has 3 N–H and O–H groups in total. The number of aliphatic hydroxyl groups excluding tert-OH is 1. The Hall–Kier alpha value is -1.07. The van der Waals surface area contributed by atoms with Gasteiger partial charge in [-0.15, -0.1) is 0 Å². The van der Waals surface area contributed by atoms with Crippen molar-refractivity contribution in [1.82, 2.24) is 0 Å². The molecular formula is C13H16F3NO. The molecule has 1 aliphatic rings. The van der Waals surface area contributed by atoms with Gasteiger partial charge in [0.05, 0.1) is 11.7 Å². The number of hydrogen-bond acceptors (Lipinski definition) is 2. The van der Waals surface area contributed by atoms with Crippen LogP contribution < -0.4 is 5.73 Å². The van der Waals surface area contributed by atoms with Crippen molar-refractivity contribution in [2.75, 3.05) is 6.54 Å². The van der Waals surface area contributed by atoms with Gasteiger partial charge in [-0.25, -0.2) is 0 Å². The zero-order valence-corrected chi connectivity index (χ0v) is 9.87. The minimum Gasteiger partial charge on any atom is -0.388 e. The molecule has 0 bridgehead atoms. The van der Waals surface area contributed by atoms with Crippen LogP contribution in [-0.4, -0.2) is 11.7 Å². The summed E-state index contributed by atoms with van der Waals surface area (Å²) in [5.74, 6) is 0. The molecule has 1 atom stereocenters. The second kappa shape index (κ2) is 4.55. The van der Waals surface area contributed by atoms with Gasteiger partial charge < -0.3 is 10.8 Å². The maximum Gasteiger partial charge on any atom is 0.416 e. The molecule has 1 fully saturated rings. The standard InChI is InChI=1S/C13H16F3NO/c14-13(15,16)10-4-2-9(3-5-10)11(18)12(8-17)6-1-7-12/h2-5,11,18H,1,6-8,17H2. The number of alkyl halides is 3. The van der Waals surface area contributed by atoms with Gasteiger partial charge >= 0.3 is 6.18 Å². The molecule has 1 aliphatic carbocycles. The first-order chi connectivity index (χ1) is 8.39. The van der Waals surface area contributed by atoms with E-state index in [1.807, 2.05) is 0 Å². The predicted octanol–water partition coefficient (Wildman–Crippen LogP) is 2.87. The zero-order valence-electron chi connectivity index (χ0n) is 9.87. The van der Waals surface area contributed by atoms with Crippen molar-refractivity contribution >= 4 is 0 Å². The largest absolute Gasteiger partial charge is 0.416 e. The van der Waals surface area contributed by atoms with E-state index in [1.54, 1.807) is 0 Å². The highest BCUT2D eigenvalue weighted by molar-refractivity contribution is 5.27. The zero-order chi connectivity index (χ0) is 13.4. The van der Waals surface area contributed by atoms with E-state index < -0.39 is 17.8 Å². The number of rotatable bonds is 3. The summed E-state index contributed by atoms with van der Waals surface area (Å²) < 4.78 is 37.2. The Balaban J connectivity index is 2.19. The second-order valence-electron chi connectivity index (χ2n) is 4.94. The van der Waals surface area contributed by atoms with Gasteiger partial charge in [0, 0.05) is 12.0 Å². The lowest BCUT2D eigenvalue weighted by molar-refractivity contribution is -0.137. The molecule has 0 aromatic heterocycles. The van der Waals surface area contributed by atoms with Gasteiger partial charge in [0.1, 0.15) is 0 Å². The lowest BCUT2D eigenvalue weighted by Gasteiger charge is -2.44. The average Bonchev–Trinajstić information content (AvgIpc) is 2.27. The van der Waals surface area contributed by atoms with Gasteiger partial charge in [-0.05, 0) is 30.5 Å². The lowest BCUT2D eigenvalue weighted by atomic mass is 9.63. The van der Waals surface area contributed by atoms with Gasteiger partial charge in [-0.2, -0.15) is 13.2 Å². The molecule has 2 rings (SSSR count). The number of nitrogens with two attached hydrogens (primary N) is 1. The first kappa shape index (κ1) is 13.4. The third kappa shape index (κ3) is 2.24. The molecule has 1 saturated carbocycles. The van der Waals surface area contributed by atoms with Crippen LogP contribution >= 0.6 is 0 Å². The minimum absolute atomic E-state index is 0.347. The van der Waals surface area contributed by atoms with E-state index in [1.165, 1.54) is 12.1 Å². The Morgan fingerprint density at radius 3 is 2.11 bits per heavy atom. The van der Waals surface area contributed by atoms with Crippen molar-refractivity contribution in [3.05, 3.63) is 35.4 Å². The highest BCUT2D eigenvalue weighted by Gasteiger charge is 2.43. The van der Waals surface area contributed by atoms with E-state index in [9.17, 15) is 18.3 Å². The highest BCUT2D eigenvalue weighted by Crippen LogP contribution is 2.49. The summed E-state index contributed by atoms with van der Waals surface area (Å²) in [6, 6.07) is 4.68. The molecule has 18 heavy (non-hydrogen) atoms. The molecule has 0 heterocycles. The Labute approximate surface area is 104 Å². The van der Waals surface area contributed by atoms with Crippen molar-refractivity contribution in [2.24, 2.45) is 11.1 Å².